The van der Waals surface area contributed by atoms with Crippen molar-refractivity contribution in [2.45, 2.75) is 19.9 Å². The Balaban J connectivity index is 2.20. The molecule has 0 aliphatic heterocycles. The van der Waals surface area contributed by atoms with Crippen LogP contribution >= 0.6 is 11.6 Å². The largest absolute Gasteiger partial charge is 0.367 e. The Morgan fingerprint density at radius 3 is 2.45 bits per heavy atom. The van der Waals surface area contributed by atoms with Crippen molar-refractivity contribution in [3.63, 3.8) is 0 Å². The van der Waals surface area contributed by atoms with Crippen LogP contribution < -0.4 is 5.32 Å². The molecule has 0 bridgehead atoms. The van der Waals surface area contributed by atoms with Gasteiger partial charge in [0, 0.05) is 22.0 Å². The van der Waals surface area contributed by atoms with Crippen molar-refractivity contribution in [2.24, 2.45) is 0 Å². The van der Waals surface area contributed by atoms with E-state index in [2.05, 4.69) is 15.3 Å². The van der Waals surface area contributed by atoms with Gasteiger partial charge in [-0.15, -0.1) is 0 Å². The van der Waals surface area contributed by atoms with Gasteiger partial charge in [0.05, 0.1) is 5.52 Å². The zero-order valence-electron chi connectivity index (χ0n) is 12.3. The molecule has 0 saturated heterocycles. The van der Waals surface area contributed by atoms with Crippen LogP contribution in [0, 0.1) is 5.82 Å². The number of nitrogens with one attached hydrogen (secondary N) is 1. The van der Waals surface area contributed by atoms with Crippen molar-refractivity contribution in [3.05, 3.63) is 53.3 Å². The number of hydrogen-bond donors (Lipinski definition) is 1. The van der Waals surface area contributed by atoms with Crippen LogP contribution in [-0.2, 0) is 0 Å². The van der Waals surface area contributed by atoms with Crippen LogP contribution in [0.15, 0.2) is 42.5 Å². The zero-order chi connectivity index (χ0) is 15.7. The van der Waals surface area contributed by atoms with Crippen molar-refractivity contribution in [3.8, 4) is 11.4 Å². The normalized spacial score (nSPS) is 11.1. The summed E-state index contributed by atoms with van der Waals surface area (Å²) in [6.07, 6.45) is 0. The predicted octanol–water partition coefficient (Wildman–Crippen LogP) is 4.91. The molecule has 112 valence electrons. The van der Waals surface area contributed by atoms with E-state index in [1.807, 2.05) is 26.0 Å². The van der Waals surface area contributed by atoms with E-state index in [9.17, 15) is 4.39 Å². The van der Waals surface area contributed by atoms with Gasteiger partial charge in [-0.05, 0) is 56.3 Å². The van der Waals surface area contributed by atoms with Gasteiger partial charge in [-0.25, -0.2) is 14.4 Å². The van der Waals surface area contributed by atoms with Gasteiger partial charge in [0.2, 0.25) is 0 Å². The van der Waals surface area contributed by atoms with Crippen LogP contribution in [0.2, 0.25) is 5.02 Å². The maximum atomic E-state index is 13.1. The molecule has 1 aromatic heterocycles. The second-order valence-corrected chi connectivity index (χ2v) is 5.80. The molecular formula is C17H15ClFN3. The minimum Gasteiger partial charge on any atom is -0.367 e. The molecule has 3 aromatic rings. The van der Waals surface area contributed by atoms with Crippen LogP contribution in [0.1, 0.15) is 13.8 Å². The number of halogens is 2. The molecule has 0 aliphatic rings. The summed E-state index contributed by atoms with van der Waals surface area (Å²) in [5, 5.41) is 4.84. The van der Waals surface area contributed by atoms with Crippen molar-refractivity contribution in [1.82, 2.24) is 9.97 Å². The van der Waals surface area contributed by atoms with Crippen molar-refractivity contribution < 1.29 is 4.39 Å². The minimum atomic E-state index is -0.284. The molecule has 0 spiro atoms. The molecule has 0 fully saturated rings. The fourth-order valence-corrected chi connectivity index (χ4v) is 2.38. The smallest absolute Gasteiger partial charge is 0.162 e. The average Bonchev–Trinajstić information content (AvgIpc) is 2.46. The van der Waals surface area contributed by atoms with Gasteiger partial charge in [0.1, 0.15) is 11.6 Å². The quantitative estimate of drug-likeness (QED) is 0.746. The highest BCUT2D eigenvalue weighted by Gasteiger charge is 2.11. The number of hydrogen-bond acceptors (Lipinski definition) is 3. The van der Waals surface area contributed by atoms with Gasteiger partial charge in [0.25, 0.3) is 0 Å². The van der Waals surface area contributed by atoms with Crippen molar-refractivity contribution in [1.29, 1.82) is 0 Å². The summed E-state index contributed by atoms with van der Waals surface area (Å²) in [6, 6.07) is 11.9. The molecule has 2 aromatic carbocycles. The third-order valence-corrected chi connectivity index (χ3v) is 3.42. The molecule has 0 amide bonds. The van der Waals surface area contributed by atoms with Gasteiger partial charge < -0.3 is 5.32 Å². The number of benzene rings is 2. The van der Waals surface area contributed by atoms with E-state index in [1.54, 1.807) is 18.2 Å². The van der Waals surface area contributed by atoms with Gasteiger partial charge in [0.15, 0.2) is 5.82 Å². The Labute approximate surface area is 133 Å². The van der Waals surface area contributed by atoms with Crippen LogP contribution in [-0.4, -0.2) is 16.0 Å². The summed E-state index contributed by atoms with van der Waals surface area (Å²) in [7, 11) is 0. The summed E-state index contributed by atoms with van der Waals surface area (Å²) in [5.41, 5.74) is 1.51. The number of fused-ring (bicyclic) bond motifs is 1. The second-order valence-electron chi connectivity index (χ2n) is 5.36. The SMILES string of the molecule is CC(C)Nc1nc(-c2ccc(F)cc2)nc2cc(Cl)ccc12. The van der Waals surface area contributed by atoms with Crippen LogP contribution in [0.25, 0.3) is 22.3 Å². The van der Waals surface area contributed by atoms with E-state index in [0.29, 0.717) is 10.8 Å². The summed E-state index contributed by atoms with van der Waals surface area (Å²) >= 11 is 6.07. The topological polar surface area (TPSA) is 37.8 Å². The molecular weight excluding hydrogens is 301 g/mol. The summed E-state index contributed by atoms with van der Waals surface area (Å²) in [6.45, 7) is 4.09. The molecule has 1 heterocycles. The molecule has 0 unspecified atom stereocenters. The molecule has 1 N–H and O–H groups in total. The molecule has 22 heavy (non-hydrogen) atoms. The molecule has 0 atom stereocenters. The first kappa shape index (κ1) is 14.7. The van der Waals surface area contributed by atoms with Gasteiger partial charge in [-0.3, -0.25) is 0 Å². The van der Waals surface area contributed by atoms with Gasteiger partial charge >= 0.3 is 0 Å². The summed E-state index contributed by atoms with van der Waals surface area (Å²) in [4.78, 5) is 9.13. The standard InChI is InChI=1S/C17H15ClFN3/c1-10(2)20-17-14-8-5-12(18)9-15(14)21-16(22-17)11-3-6-13(19)7-4-11/h3-10H,1-2H3,(H,20,21,22). The highest BCUT2D eigenvalue weighted by Crippen LogP contribution is 2.27. The lowest BCUT2D eigenvalue weighted by Gasteiger charge is -2.13. The highest BCUT2D eigenvalue weighted by atomic mass is 35.5. The minimum absolute atomic E-state index is 0.231. The Kier molecular flexibility index (Phi) is 3.94. The van der Waals surface area contributed by atoms with E-state index in [0.717, 1.165) is 22.3 Å². The molecule has 0 saturated carbocycles. The third-order valence-electron chi connectivity index (χ3n) is 3.19. The van der Waals surface area contributed by atoms with Crippen LogP contribution in [0.4, 0.5) is 10.2 Å². The fourth-order valence-electron chi connectivity index (χ4n) is 2.21. The zero-order valence-corrected chi connectivity index (χ0v) is 13.0. The first-order valence-electron chi connectivity index (χ1n) is 7.03. The lowest BCUT2D eigenvalue weighted by molar-refractivity contribution is 0.628. The highest BCUT2D eigenvalue weighted by molar-refractivity contribution is 6.31. The van der Waals surface area contributed by atoms with Gasteiger partial charge in [-0.2, -0.15) is 0 Å². The van der Waals surface area contributed by atoms with E-state index < -0.39 is 0 Å². The first-order valence-corrected chi connectivity index (χ1v) is 7.40. The Morgan fingerprint density at radius 1 is 1.05 bits per heavy atom. The predicted molar refractivity (Wildman–Crippen MR) is 88.7 cm³/mol. The second kappa shape index (κ2) is 5.89. The molecule has 0 aliphatic carbocycles. The Morgan fingerprint density at radius 2 is 1.77 bits per heavy atom. The van der Waals surface area contributed by atoms with Crippen molar-refractivity contribution >= 4 is 28.3 Å². The molecule has 3 rings (SSSR count). The Bertz CT molecular complexity index is 816. The summed E-state index contributed by atoms with van der Waals surface area (Å²) < 4.78 is 13.1. The van der Waals surface area contributed by atoms with Crippen LogP contribution in [0.5, 0.6) is 0 Å². The average molecular weight is 316 g/mol. The monoisotopic (exact) mass is 315 g/mol. The van der Waals surface area contributed by atoms with E-state index in [1.165, 1.54) is 12.1 Å². The number of rotatable bonds is 3. The molecule has 3 nitrogen and oxygen atoms in total. The number of anilines is 1. The summed E-state index contributed by atoms with van der Waals surface area (Å²) in [5.74, 6) is 1.00. The van der Waals surface area contributed by atoms with E-state index in [-0.39, 0.29) is 11.9 Å². The van der Waals surface area contributed by atoms with Crippen LogP contribution in [0.3, 0.4) is 0 Å². The first-order chi connectivity index (χ1) is 10.5. The van der Waals surface area contributed by atoms with Gasteiger partial charge in [-0.1, -0.05) is 11.6 Å². The fraction of sp³-hybridized carbons (Fsp3) is 0.176. The lowest BCUT2D eigenvalue weighted by Crippen LogP contribution is -2.12. The third kappa shape index (κ3) is 3.02. The number of aromatic nitrogens is 2. The number of nitrogens with zero attached hydrogens (tertiary/aromatic N) is 2. The Hall–Kier alpha value is -2.20. The van der Waals surface area contributed by atoms with E-state index in [4.69, 9.17) is 11.6 Å². The van der Waals surface area contributed by atoms with Crippen molar-refractivity contribution in [2.75, 3.05) is 5.32 Å². The molecule has 0 radical (unpaired) electrons. The maximum Gasteiger partial charge on any atom is 0.162 e. The van der Waals surface area contributed by atoms with E-state index >= 15 is 0 Å². The lowest BCUT2D eigenvalue weighted by atomic mass is 10.1. The molecule has 5 heteroatoms. The maximum absolute atomic E-state index is 13.1.